The van der Waals surface area contributed by atoms with Crippen LogP contribution in [0.15, 0.2) is 29.2 Å². The molecule has 114 valence electrons. The third kappa shape index (κ3) is 5.70. The van der Waals surface area contributed by atoms with Gasteiger partial charge in [0.05, 0.1) is 0 Å². The van der Waals surface area contributed by atoms with E-state index in [1.807, 2.05) is 25.3 Å². The number of nitrogens with zero attached hydrogens (tertiary/aromatic N) is 1. The second kappa shape index (κ2) is 8.51. The molecule has 0 radical (unpaired) electrons. The molecule has 1 rings (SSSR count). The maximum Gasteiger partial charge on any atom is 0.301 e. The average molecular weight is 317 g/mol. The van der Waals surface area contributed by atoms with Crippen molar-refractivity contribution in [3.8, 4) is 0 Å². The van der Waals surface area contributed by atoms with Crippen molar-refractivity contribution in [3.63, 3.8) is 0 Å². The zero-order valence-corrected chi connectivity index (χ0v) is 13.9. The highest BCUT2D eigenvalue weighted by atomic mass is 32.2. The molecule has 0 bridgehead atoms. The Balaban J connectivity index is 2.54. The van der Waals surface area contributed by atoms with E-state index in [9.17, 15) is 8.42 Å². The fourth-order valence-electron chi connectivity index (χ4n) is 1.61. The van der Waals surface area contributed by atoms with Gasteiger partial charge in [-0.05, 0) is 50.0 Å². The van der Waals surface area contributed by atoms with Gasteiger partial charge in [-0.3, -0.25) is 4.72 Å². The Morgan fingerprint density at radius 3 is 2.45 bits per heavy atom. The molecule has 1 aromatic rings. The van der Waals surface area contributed by atoms with Gasteiger partial charge < -0.3 is 5.32 Å². The number of rotatable bonds is 9. The smallest absolute Gasteiger partial charge is 0.301 e. The first-order valence-electron chi connectivity index (χ1n) is 6.58. The molecule has 0 saturated carbocycles. The molecule has 0 atom stereocenters. The first kappa shape index (κ1) is 17.3. The zero-order chi connectivity index (χ0) is 15.0. The summed E-state index contributed by atoms with van der Waals surface area (Å²) >= 11 is 1.62. The number of benzene rings is 1. The van der Waals surface area contributed by atoms with Crippen LogP contribution in [0.2, 0.25) is 0 Å². The number of hydrogen-bond acceptors (Lipinski definition) is 4. The van der Waals surface area contributed by atoms with Crippen molar-refractivity contribution in [1.29, 1.82) is 0 Å². The molecule has 7 heteroatoms. The molecule has 0 aliphatic carbocycles. The summed E-state index contributed by atoms with van der Waals surface area (Å²) in [7, 11) is -1.88. The monoisotopic (exact) mass is 317 g/mol. The van der Waals surface area contributed by atoms with Gasteiger partial charge in [0.1, 0.15) is 0 Å². The molecule has 0 aliphatic heterocycles. The Kier molecular flexibility index (Phi) is 7.36. The largest absolute Gasteiger partial charge is 0.317 e. The molecule has 0 aliphatic rings. The van der Waals surface area contributed by atoms with E-state index in [-0.39, 0.29) is 0 Å². The Morgan fingerprint density at radius 1 is 1.25 bits per heavy atom. The van der Waals surface area contributed by atoms with Crippen LogP contribution in [0.5, 0.6) is 0 Å². The van der Waals surface area contributed by atoms with E-state index in [4.69, 9.17) is 0 Å². The lowest BCUT2D eigenvalue weighted by atomic mass is 10.3. The highest BCUT2D eigenvalue weighted by molar-refractivity contribution is 7.98. The second-order valence-corrected chi connectivity index (χ2v) is 7.02. The van der Waals surface area contributed by atoms with Gasteiger partial charge in [-0.25, -0.2) is 0 Å². The molecular weight excluding hydrogens is 294 g/mol. The summed E-state index contributed by atoms with van der Waals surface area (Å²) in [5.74, 6) is 0. The lowest BCUT2D eigenvalue weighted by Gasteiger charge is -2.18. The van der Waals surface area contributed by atoms with E-state index in [1.165, 1.54) is 4.31 Å². The van der Waals surface area contributed by atoms with Crippen molar-refractivity contribution in [2.45, 2.75) is 18.2 Å². The van der Waals surface area contributed by atoms with Gasteiger partial charge in [0.25, 0.3) is 0 Å². The first-order valence-corrected chi connectivity index (χ1v) is 9.25. The fourth-order valence-corrected chi connectivity index (χ4v) is 2.98. The van der Waals surface area contributed by atoms with Gasteiger partial charge >= 0.3 is 10.2 Å². The average Bonchev–Trinajstić information content (AvgIpc) is 2.43. The Bertz CT molecular complexity index is 489. The molecule has 0 spiro atoms. The molecule has 20 heavy (non-hydrogen) atoms. The predicted octanol–water partition coefficient (Wildman–Crippen LogP) is 2.00. The lowest BCUT2D eigenvalue weighted by molar-refractivity contribution is 0.459. The molecule has 0 heterocycles. The SMILES string of the molecule is CCNCCCN(C)S(=O)(=O)Nc1ccc(SC)cc1. The van der Waals surface area contributed by atoms with Crippen LogP contribution in [0.25, 0.3) is 0 Å². The number of thioether (sulfide) groups is 1. The van der Waals surface area contributed by atoms with Crippen molar-refractivity contribution in [1.82, 2.24) is 9.62 Å². The first-order chi connectivity index (χ1) is 9.49. The summed E-state index contributed by atoms with van der Waals surface area (Å²) in [6.07, 6.45) is 2.77. The lowest BCUT2D eigenvalue weighted by Crippen LogP contribution is -2.34. The molecule has 0 saturated heterocycles. The molecule has 2 N–H and O–H groups in total. The third-order valence-corrected chi connectivity index (χ3v) is 5.06. The molecule has 0 unspecified atom stereocenters. The second-order valence-electron chi connectivity index (χ2n) is 4.36. The standard InChI is InChI=1S/C13H23N3O2S2/c1-4-14-10-5-11-16(2)20(17,18)15-12-6-8-13(19-3)9-7-12/h6-9,14-15H,4-5,10-11H2,1-3H3. The van der Waals surface area contributed by atoms with Crippen LogP contribution >= 0.6 is 11.8 Å². The Hall–Kier alpha value is -0.760. The van der Waals surface area contributed by atoms with E-state index >= 15 is 0 Å². The van der Waals surface area contributed by atoms with Crippen LogP contribution in [-0.2, 0) is 10.2 Å². The summed E-state index contributed by atoms with van der Waals surface area (Å²) in [4.78, 5) is 1.10. The minimum absolute atomic E-state index is 0.491. The number of hydrogen-bond donors (Lipinski definition) is 2. The summed E-state index contributed by atoms with van der Waals surface area (Å²) in [6, 6.07) is 7.34. The molecular formula is C13H23N3O2S2. The highest BCUT2D eigenvalue weighted by Gasteiger charge is 2.16. The van der Waals surface area contributed by atoms with Crippen molar-refractivity contribution in [2.75, 3.05) is 37.7 Å². The van der Waals surface area contributed by atoms with E-state index in [2.05, 4.69) is 10.0 Å². The summed E-state index contributed by atoms with van der Waals surface area (Å²) in [5, 5.41) is 3.17. The van der Waals surface area contributed by atoms with Crippen LogP contribution in [0.3, 0.4) is 0 Å². The van der Waals surface area contributed by atoms with Crippen molar-refractivity contribution in [3.05, 3.63) is 24.3 Å². The predicted molar refractivity (Wildman–Crippen MR) is 86.6 cm³/mol. The van der Waals surface area contributed by atoms with Crippen molar-refractivity contribution in [2.24, 2.45) is 0 Å². The topological polar surface area (TPSA) is 61.4 Å². The molecule has 0 fully saturated rings. The van der Waals surface area contributed by atoms with Crippen LogP contribution < -0.4 is 10.0 Å². The van der Waals surface area contributed by atoms with E-state index < -0.39 is 10.2 Å². The minimum Gasteiger partial charge on any atom is -0.317 e. The number of anilines is 1. The van der Waals surface area contributed by atoms with Gasteiger partial charge in [0.2, 0.25) is 0 Å². The molecule has 0 amide bonds. The van der Waals surface area contributed by atoms with E-state index in [0.29, 0.717) is 12.2 Å². The molecule has 1 aromatic carbocycles. The maximum atomic E-state index is 12.1. The quantitative estimate of drug-likeness (QED) is 0.540. The van der Waals surface area contributed by atoms with Gasteiger partial charge in [0.15, 0.2) is 0 Å². The molecule has 0 aromatic heterocycles. The Morgan fingerprint density at radius 2 is 1.90 bits per heavy atom. The van der Waals surface area contributed by atoms with Crippen LogP contribution in [-0.4, -0.2) is 45.7 Å². The van der Waals surface area contributed by atoms with Gasteiger partial charge in [-0.1, -0.05) is 6.92 Å². The van der Waals surface area contributed by atoms with Crippen molar-refractivity contribution < 1.29 is 8.42 Å². The summed E-state index contributed by atoms with van der Waals surface area (Å²) < 4.78 is 28.1. The Labute approximate surface area is 126 Å². The van der Waals surface area contributed by atoms with Crippen LogP contribution in [0.4, 0.5) is 5.69 Å². The minimum atomic E-state index is -3.47. The van der Waals surface area contributed by atoms with Crippen LogP contribution in [0, 0.1) is 0 Å². The zero-order valence-electron chi connectivity index (χ0n) is 12.2. The van der Waals surface area contributed by atoms with Gasteiger partial charge in [-0.2, -0.15) is 12.7 Å². The summed E-state index contributed by atoms with van der Waals surface area (Å²) in [5.41, 5.74) is 0.585. The molecule has 5 nitrogen and oxygen atoms in total. The van der Waals surface area contributed by atoms with Gasteiger partial charge in [-0.15, -0.1) is 11.8 Å². The maximum absolute atomic E-state index is 12.1. The van der Waals surface area contributed by atoms with Crippen LogP contribution in [0.1, 0.15) is 13.3 Å². The normalized spacial score (nSPS) is 11.8. The van der Waals surface area contributed by atoms with Gasteiger partial charge in [0, 0.05) is 24.2 Å². The fraction of sp³-hybridized carbons (Fsp3) is 0.538. The number of nitrogens with one attached hydrogen (secondary N) is 2. The van der Waals surface area contributed by atoms with E-state index in [1.54, 1.807) is 30.9 Å². The van der Waals surface area contributed by atoms with E-state index in [0.717, 1.165) is 24.4 Å². The third-order valence-electron chi connectivity index (χ3n) is 2.82. The van der Waals surface area contributed by atoms with Crippen molar-refractivity contribution >= 4 is 27.7 Å². The highest BCUT2D eigenvalue weighted by Crippen LogP contribution is 2.18. The summed E-state index contributed by atoms with van der Waals surface area (Å²) in [6.45, 7) is 4.24.